The first-order chi connectivity index (χ1) is 13.0. The molecule has 2 rings (SSSR count). The third kappa shape index (κ3) is 3.80. The van der Waals surface area contributed by atoms with Crippen molar-refractivity contribution >= 4 is 56.2 Å². The molecule has 160 valence electrons. The summed E-state index contributed by atoms with van der Waals surface area (Å²) in [5.41, 5.74) is -2.42. The molecule has 0 aliphatic rings. The molecule has 0 fully saturated rings. The van der Waals surface area contributed by atoms with E-state index in [1.54, 1.807) is 0 Å². The molecule has 0 saturated heterocycles. The van der Waals surface area contributed by atoms with E-state index in [0.29, 0.717) is 24.3 Å². The topological polar surface area (TPSA) is 34.1 Å². The quantitative estimate of drug-likeness (QED) is 0.303. The first kappa shape index (κ1) is 24.4. The summed E-state index contributed by atoms with van der Waals surface area (Å²) in [5, 5.41) is -21.6. The van der Waals surface area contributed by atoms with Gasteiger partial charge < -0.3 is 0 Å². The molecule has 29 heavy (non-hydrogen) atoms. The van der Waals surface area contributed by atoms with E-state index < -0.39 is 41.7 Å². The number of hydrogen-bond acceptors (Lipinski definition) is 2. The Kier molecular flexibility index (Phi) is 6.46. The van der Waals surface area contributed by atoms with Crippen LogP contribution in [0.2, 0.25) is 10.0 Å². The van der Waals surface area contributed by atoms with E-state index in [4.69, 9.17) is 46.4 Å². The fraction of sp³-hybridized carbons (Fsp3) is 0.250. The van der Waals surface area contributed by atoms with Crippen LogP contribution < -0.4 is 0 Å². The predicted octanol–water partition coefficient (Wildman–Crippen LogP) is 7.02. The van der Waals surface area contributed by atoms with Crippen LogP contribution in [0.25, 0.3) is 0 Å². The summed E-state index contributed by atoms with van der Waals surface area (Å²) in [5.74, 6) is 0. The lowest BCUT2D eigenvalue weighted by Crippen LogP contribution is -2.56. The van der Waals surface area contributed by atoms with Crippen LogP contribution in [0.4, 0.5) is 26.3 Å². The molecule has 2 aromatic carbocycles. The van der Waals surface area contributed by atoms with Gasteiger partial charge in [-0.3, -0.25) is 0 Å². The van der Waals surface area contributed by atoms with Crippen molar-refractivity contribution in [3.63, 3.8) is 0 Å². The van der Waals surface area contributed by atoms with E-state index in [-0.39, 0.29) is 10.0 Å². The van der Waals surface area contributed by atoms with Gasteiger partial charge >= 0.3 is 10.5 Å². The van der Waals surface area contributed by atoms with Gasteiger partial charge in [-0.05, 0) is 24.3 Å². The Morgan fingerprint density at radius 1 is 0.586 bits per heavy atom. The van der Waals surface area contributed by atoms with Gasteiger partial charge in [-0.1, -0.05) is 70.7 Å². The molecule has 0 aliphatic heterocycles. The van der Waals surface area contributed by atoms with Crippen molar-refractivity contribution in [3.05, 3.63) is 69.7 Å². The molecular weight excluding hydrogens is 512 g/mol. The summed E-state index contributed by atoms with van der Waals surface area (Å²) in [6.07, 6.45) is 0. The molecule has 0 radical (unpaired) electrons. The van der Waals surface area contributed by atoms with Gasteiger partial charge in [0.25, 0.3) is 20.1 Å². The minimum Gasteiger partial charge on any atom is -0.216 e. The third-order valence-corrected chi connectivity index (χ3v) is 7.37. The molecule has 0 aliphatic carbocycles. The van der Waals surface area contributed by atoms with Crippen molar-refractivity contribution in [3.8, 4) is 0 Å². The van der Waals surface area contributed by atoms with Crippen LogP contribution in [-0.2, 0) is 20.1 Å². The third-order valence-electron chi connectivity index (χ3n) is 3.82. The highest BCUT2D eigenvalue weighted by atomic mass is 35.5. The minimum atomic E-state index is -7.32. The van der Waals surface area contributed by atoms with Crippen LogP contribution in [0.15, 0.2) is 48.5 Å². The van der Waals surface area contributed by atoms with Crippen molar-refractivity contribution < 1.29 is 34.8 Å². The molecular formula is C16H8Cl4F6O2S. The molecule has 0 amide bonds. The van der Waals surface area contributed by atoms with E-state index in [9.17, 15) is 34.8 Å². The summed E-state index contributed by atoms with van der Waals surface area (Å²) in [4.78, 5) is 0. The standard InChI is InChI=1S/C16H8Cl4F6O2S/c17-11-5-1-9(2-6-11)13(19,21)15(23,24)29(27,28)16(25,26)14(20,22)10-3-7-12(18)8-4-10/h1-8H. The lowest BCUT2D eigenvalue weighted by molar-refractivity contribution is -0.0631. The molecule has 2 atom stereocenters. The Labute approximate surface area is 181 Å². The summed E-state index contributed by atoms with van der Waals surface area (Å²) in [6.45, 7) is 0. The van der Waals surface area contributed by atoms with E-state index >= 15 is 0 Å². The lowest BCUT2D eigenvalue weighted by Gasteiger charge is -2.34. The number of benzene rings is 2. The zero-order valence-electron chi connectivity index (χ0n) is 13.6. The van der Waals surface area contributed by atoms with E-state index in [1.165, 1.54) is 0 Å². The molecule has 0 spiro atoms. The van der Waals surface area contributed by atoms with Gasteiger partial charge in [0.15, 0.2) is 0 Å². The zero-order valence-corrected chi connectivity index (χ0v) is 17.5. The van der Waals surface area contributed by atoms with Crippen molar-refractivity contribution in [2.45, 2.75) is 20.8 Å². The molecule has 0 aromatic heterocycles. The lowest BCUT2D eigenvalue weighted by atomic mass is 10.1. The largest absolute Gasteiger partial charge is 0.402 e. The first-order valence-electron chi connectivity index (χ1n) is 7.27. The summed E-state index contributed by atoms with van der Waals surface area (Å²) in [7, 11) is -7.32. The molecule has 0 bridgehead atoms. The normalized spacial score (nSPS) is 17.4. The fourth-order valence-corrected chi connectivity index (χ4v) is 4.50. The van der Waals surface area contributed by atoms with Gasteiger partial charge in [0, 0.05) is 21.2 Å². The summed E-state index contributed by atoms with van der Waals surface area (Å²) < 4.78 is 112. The van der Waals surface area contributed by atoms with Crippen LogP contribution in [0.1, 0.15) is 11.1 Å². The van der Waals surface area contributed by atoms with Crippen LogP contribution in [0, 0.1) is 0 Å². The van der Waals surface area contributed by atoms with Crippen molar-refractivity contribution in [2.75, 3.05) is 0 Å². The van der Waals surface area contributed by atoms with Crippen LogP contribution in [0.5, 0.6) is 0 Å². The number of halogens is 10. The van der Waals surface area contributed by atoms with Gasteiger partial charge in [-0.25, -0.2) is 17.2 Å². The van der Waals surface area contributed by atoms with Crippen LogP contribution >= 0.6 is 46.4 Å². The van der Waals surface area contributed by atoms with Gasteiger partial charge in [0.1, 0.15) is 0 Å². The second-order valence-corrected chi connectivity index (χ2v) is 9.65. The molecule has 0 saturated carbocycles. The first-order valence-corrected chi connectivity index (χ1v) is 10.3. The van der Waals surface area contributed by atoms with Gasteiger partial charge in [0.2, 0.25) is 0 Å². The van der Waals surface area contributed by atoms with Crippen molar-refractivity contribution in [2.24, 2.45) is 0 Å². The molecule has 2 aromatic rings. The Hall–Kier alpha value is -0.870. The zero-order chi connectivity index (χ0) is 22.5. The summed E-state index contributed by atoms with van der Waals surface area (Å²) in [6, 6.07) is 5.68. The maximum atomic E-state index is 14.7. The molecule has 2 unspecified atom stereocenters. The monoisotopic (exact) mass is 518 g/mol. The van der Waals surface area contributed by atoms with Gasteiger partial charge in [-0.2, -0.15) is 17.6 Å². The second-order valence-electron chi connectivity index (χ2n) is 5.70. The highest BCUT2D eigenvalue weighted by Crippen LogP contribution is 2.57. The number of rotatable bonds is 6. The fourth-order valence-electron chi connectivity index (χ4n) is 2.15. The van der Waals surface area contributed by atoms with E-state index in [0.717, 1.165) is 24.3 Å². The molecule has 0 N–H and O–H groups in total. The van der Waals surface area contributed by atoms with Gasteiger partial charge in [-0.15, -0.1) is 0 Å². The Balaban J connectivity index is 2.60. The SMILES string of the molecule is O=S(=O)(C(F)(F)C(F)(Cl)c1ccc(Cl)cc1)C(F)(F)C(F)(Cl)c1ccc(Cl)cc1. The number of hydrogen-bond donors (Lipinski definition) is 0. The maximum absolute atomic E-state index is 14.7. The average molecular weight is 520 g/mol. The minimum absolute atomic E-state index is 0.0657. The van der Waals surface area contributed by atoms with E-state index in [1.807, 2.05) is 0 Å². The van der Waals surface area contributed by atoms with Gasteiger partial charge in [0.05, 0.1) is 0 Å². The van der Waals surface area contributed by atoms with Crippen molar-refractivity contribution in [1.29, 1.82) is 0 Å². The Morgan fingerprint density at radius 2 is 0.828 bits per heavy atom. The van der Waals surface area contributed by atoms with E-state index in [2.05, 4.69) is 0 Å². The highest BCUT2D eigenvalue weighted by molar-refractivity contribution is 7.93. The predicted molar refractivity (Wildman–Crippen MR) is 99.0 cm³/mol. The Morgan fingerprint density at radius 3 is 1.07 bits per heavy atom. The Bertz CT molecular complexity index is 918. The smallest absolute Gasteiger partial charge is 0.216 e. The second kappa shape index (κ2) is 7.67. The highest BCUT2D eigenvalue weighted by Gasteiger charge is 2.77. The van der Waals surface area contributed by atoms with Crippen LogP contribution in [-0.4, -0.2) is 18.9 Å². The maximum Gasteiger partial charge on any atom is 0.402 e. The molecule has 2 nitrogen and oxygen atoms in total. The molecule has 13 heteroatoms. The van der Waals surface area contributed by atoms with Crippen LogP contribution in [0.3, 0.4) is 0 Å². The van der Waals surface area contributed by atoms with Crippen molar-refractivity contribution in [1.82, 2.24) is 0 Å². The molecule has 0 heterocycles. The average Bonchev–Trinajstić information content (AvgIpc) is 2.61. The number of alkyl halides is 8. The summed E-state index contributed by atoms with van der Waals surface area (Å²) >= 11 is 21.1. The number of sulfone groups is 1.